The van der Waals surface area contributed by atoms with Gasteiger partial charge in [0.05, 0.1) is 10.9 Å². The highest BCUT2D eigenvalue weighted by Gasteiger charge is 2.09. The first-order chi connectivity index (χ1) is 6.61. The number of hydrazine groups is 1. The van der Waals surface area contributed by atoms with Crippen molar-refractivity contribution in [1.82, 2.24) is 10.9 Å². The Morgan fingerprint density at radius 3 is 2.71 bits per heavy atom. The Labute approximate surface area is 85.3 Å². The fourth-order valence-corrected chi connectivity index (χ4v) is 1.32. The molecule has 0 saturated heterocycles. The summed E-state index contributed by atoms with van der Waals surface area (Å²) in [4.78, 5) is 22.8. The highest BCUT2D eigenvalue weighted by atomic mass is 32.1. The quantitative estimate of drug-likeness (QED) is 0.598. The number of nitrogens with two attached hydrogens (primary N) is 1. The number of carbonyl (C=O) groups excluding carboxylic acids is 2. The van der Waals surface area contributed by atoms with Crippen molar-refractivity contribution in [2.45, 2.75) is 13.0 Å². The smallest absolute Gasteiger partial charge is 0.279 e. The van der Waals surface area contributed by atoms with Crippen molar-refractivity contribution in [3.8, 4) is 0 Å². The van der Waals surface area contributed by atoms with E-state index in [4.69, 9.17) is 5.73 Å². The molecule has 0 aliphatic carbocycles. The average molecular weight is 213 g/mol. The van der Waals surface area contributed by atoms with Crippen LogP contribution >= 0.6 is 11.3 Å². The second-order valence-electron chi connectivity index (χ2n) is 2.71. The van der Waals surface area contributed by atoms with Crippen LogP contribution in [0.2, 0.25) is 0 Å². The van der Waals surface area contributed by atoms with Gasteiger partial charge in [-0.25, -0.2) is 0 Å². The normalized spacial score (nSPS) is 11.9. The fourth-order valence-electron chi connectivity index (χ4n) is 0.702. The molecular formula is C8H11N3O2S. The SMILES string of the molecule is C[C@@H](N)C(=O)NNC(=O)c1cccs1. The standard InChI is InChI=1S/C8H11N3O2S/c1-5(9)7(12)10-11-8(13)6-3-2-4-14-6/h2-5H,9H2,1H3,(H,10,12)(H,11,13)/t5-/m1/s1. The molecule has 0 spiro atoms. The van der Waals surface area contributed by atoms with Gasteiger partial charge >= 0.3 is 0 Å². The van der Waals surface area contributed by atoms with Gasteiger partial charge in [0, 0.05) is 0 Å². The number of rotatable bonds is 2. The lowest BCUT2D eigenvalue weighted by atomic mass is 10.3. The Kier molecular flexibility index (Phi) is 3.61. The van der Waals surface area contributed by atoms with E-state index in [2.05, 4.69) is 10.9 Å². The Hall–Kier alpha value is -1.40. The third kappa shape index (κ3) is 2.82. The van der Waals surface area contributed by atoms with Crippen molar-refractivity contribution in [2.24, 2.45) is 5.73 Å². The molecule has 14 heavy (non-hydrogen) atoms. The zero-order valence-electron chi connectivity index (χ0n) is 7.61. The minimum absolute atomic E-state index is 0.339. The summed E-state index contributed by atoms with van der Waals surface area (Å²) < 4.78 is 0. The van der Waals surface area contributed by atoms with Crippen LogP contribution in [-0.2, 0) is 4.79 Å². The highest BCUT2D eigenvalue weighted by molar-refractivity contribution is 7.12. The molecule has 0 aromatic carbocycles. The van der Waals surface area contributed by atoms with E-state index >= 15 is 0 Å². The summed E-state index contributed by atoms with van der Waals surface area (Å²) >= 11 is 1.30. The summed E-state index contributed by atoms with van der Waals surface area (Å²) in [5.41, 5.74) is 9.75. The molecule has 6 heteroatoms. The van der Waals surface area contributed by atoms with Gasteiger partial charge in [0.1, 0.15) is 0 Å². The number of carbonyl (C=O) groups is 2. The van der Waals surface area contributed by atoms with Gasteiger partial charge in [-0.3, -0.25) is 20.4 Å². The molecule has 2 amide bonds. The van der Waals surface area contributed by atoms with Crippen LogP contribution in [0.1, 0.15) is 16.6 Å². The van der Waals surface area contributed by atoms with Crippen LogP contribution in [0.3, 0.4) is 0 Å². The molecule has 76 valence electrons. The average Bonchev–Trinajstić information content (AvgIpc) is 2.66. The minimum atomic E-state index is -0.640. The molecule has 0 saturated carbocycles. The molecule has 0 fully saturated rings. The van der Waals surface area contributed by atoms with Gasteiger partial charge < -0.3 is 5.73 Å². The van der Waals surface area contributed by atoms with Crippen LogP contribution in [0.25, 0.3) is 0 Å². The van der Waals surface area contributed by atoms with E-state index in [1.54, 1.807) is 17.5 Å². The van der Waals surface area contributed by atoms with Crippen LogP contribution in [-0.4, -0.2) is 17.9 Å². The maximum Gasteiger partial charge on any atom is 0.279 e. The number of hydrogen-bond acceptors (Lipinski definition) is 4. The van der Waals surface area contributed by atoms with Crippen LogP contribution in [0, 0.1) is 0 Å². The summed E-state index contributed by atoms with van der Waals surface area (Å²) in [6, 6.07) is 2.78. The monoisotopic (exact) mass is 213 g/mol. The predicted octanol–water partition coefficient (Wildman–Crippen LogP) is -0.144. The zero-order chi connectivity index (χ0) is 10.6. The van der Waals surface area contributed by atoms with E-state index in [0.29, 0.717) is 4.88 Å². The first kappa shape index (κ1) is 10.7. The molecule has 0 aliphatic rings. The summed E-state index contributed by atoms with van der Waals surface area (Å²) in [5.74, 6) is -0.760. The molecule has 5 nitrogen and oxygen atoms in total. The number of hydrogen-bond donors (Lipinski definition) is 3. The third-order valence-electron chi connectivity index (χ3n) is 1.46. The lowest BCUT2D eigenvalue weighted by Gasteiger charge is -2.07. The molecule has 4 N–H and O–H groups in total. The first-order valence-electron chi connectivity index (χ1n) is 4.00. The van der Waals surface area contributed by atoms with Gasteiger partial charge in [0.15, 0.2) is 0 Å². The van der Waals surface area contributed by atoms with Crippen molar-refractivity contribution in [3.63, 3.8) is 0 Å². The lowest BCUT2D eigenvalue weighted by molar-refractivity contribution is -0.122. The molecule has 0 radical (unpaired) electrons. The number of nitrogens with one attached hydrogen (secondary N) is 2. The summed E-state index contributed by atoms with van der Waals surface area (Å²) in [5, 5.41) is 1.78. The summed E-state index contributed by atoms with van der Waals surface area (Å²) in [6.45, 7) is 1.53. The third-order valence-corrected chi connectivity index (χ3v) is 2.33. The van der Waals surface area contributed by atoms with Crippen molar-refractivity contribution in [3.05, 3.63) is 22.4 Å². The maximum atomic E-state index is 11.3. The van der Waals surface area contributed by atoms with Gasteiger partial charge in [-0.2, -0.15) is 0 Å². The molecule has 0 aliphatic heterocycles. The Balaban J connectivity index is 2.40. The van der Waals surface area contributed by atoms with E-state index < -0.39 is 11.9 Å². The molecule has 1 rings (SSSR count). The van der Waals surface area contributed by atoms with Crippen LogP contribution in [0.15, 0.2) is 17.5 Å². The molecule has 0 bridgehead atoms. The largest absolute Gasteiger partial charge is 0.320 e. The number of thiophene rings is 1. The molecule has 1 aromatic rings. The van der Waals surface area contributed by atoms with Gasteiger partial charge in [-0.05, 0) is 18.4 Å². The van der Waals surface area contributed by atoms with Gasteiger partial charge in [-0.15, -0.1) is 11.3 Å². The molecule has 0 unspecified atom stereocenters. The zero-order valence-corrected chi connectivity index (χ0v) is 8.43. The van der Waals surface area contributed by atoms with Crippen LogP contribution < -0.4 is 16.6 Å². The predicted molar refractivity (Wildman–Crippen MR) is 53.6 cm³/mol. The molecule has 1 aromatic heterocycles. The van der Waals surface area contributed by atoms with Gasteiger partial charge in [-0.1, -0.05) is 6.07 Å². The van der Waals surface area contributed by atoms with E-state index in [1.807, 2.05) is 0 Å². The van der Waals surface area contributed by atoms with Crippen LogP contribution in [0.5, 0.6) is 0 Å². The molecule has 1 heterocycles. The Morgan fingerprint density at radius 2 is 2.21 bits per heavy atom. The van der Waals surface area contributed by atoms with E-state index in [-0.39, 0.29) is 5.91 Å². The Bertz CT molecular complexity index is 321. The first-order valence-corrected chi connectivity index (χ1v) is 4.88. The van der Waals surface area contributed by atoms with Crippen molar-refractivity contribution in [1.29, 1.82) is 0 Å². The Morgan fingerprint density at radius 1 is 1.50 bits per heavy atom. The van der Waals surface area contributed by atoms with E-state index in [0.717, 1.165) is 0 Å². The highest BCUT2D eigenvalue weighted by Crippen LogP contribution is 2.06. The summed E-state index contributed by atoms with van der Waals surface area (Å²) in [6.07, 6.45) is 0. The fraction of sp³-hybridized carbons (Fsp3) is 0.250. The topological polar surface area (TPSA) is 84.2 Å². The van der Waals surface area contributed by atoms with Gasteiger partial charge in [0.25, 0.3) is 11.8 Å². The number of amides is 2. The van der Waals surface area contributed by atoms with Crippen LogP contribution in [0.4, 0.5) is 0 Å². The van der Waals surface area contributed by atoms with Crippen molar-refractivity contribution < 1.29 is 9.59 Å². The summed E-state index contributed by atoms with van der Waals surface area (Å²) in [7, 11) is 0. The van der Waals surface area contributed by atoms with Crippen molar-refractivity contribution in [2.75, 3.05) is 0 Å². The van der Waals surface area contributed by atoms with E-state index in [9.17, 15) is 9.59 Å². The second kappa shape index (κ2) is 4.73. The minimum Gasteiger partial charge on any atom is -0.320 e. The van der Waals surface area contributed by atoms with E-state index in [1.165, 1.54) is 18.3 Å². The lowest BCUT2D eigenvalue weighted by Crippen LogP contribution is -2.48. The second-order valence-corrected chi connectivity index (χ2v) is 3.66. The van der Waals surface area contributed by atoms with Gasteiger partial charge in [0.2, 0.25) is 0 Å². The molecular weight excluding hydrogens is 202 g/mol. The van der Waals surface area contributed by atoms with Crippen molar-refractivity contribution >= 4 is 23.2 Å². The maximum absolute atomic E-state index is 11.3. The molecule has 1 atom stereocenters.